The summed E-state index contributed by atoms with van der Waals surface area (Å²) >= 11 is 0.979. The fourth-order valence-corrected chi connectivity index (χ4v) is 5.94. The quantitative estimate of drug-likeness (QED) is 0.488. The van der Waals surface area contributed by atoms with E-state index in [0.717, 1.165) is 17.3 Å². The van der Waals surface area contributed by atoms with E-state index in [1.165, 1.54) is 10.4 Å². The second kappa shape index (κ2) is 10.3. The molecule has 1 aromatic carbocycles. The first-order valence-electron chi connectivity index (χ1n) is 10.6. The molecule has 3 heterocycles. The van der Waals surface area contributed by atoms with Gasteiger partial charge < -0.3 is 10.6 Å². The number of hydrogen-bond donors (Lipinski definition) is 2. The number of fused-ring (bicyclic) bond motifs is 1. The van der Waals surface area contributed by atoms with Crippen LogP contribution in [0.15, 0.2) is 47.6 Å². The molecule has 12 heteroatoms. The largest absolute Gasteiger partial charge is 0.355 e. The third kappa shape index (κ3) is 5.52. The van der Waals surface area contributed by atoms with Crippen molar-refractivity contribution < 1.29 is 18.0 Å². The Bertz CT molecular complexity index is 1220. The van der Waals surface area contributed by atoms with Gasteiger partial charge in [0.25, 0.3) is 0 Å². The number of carbonyl (C=O) groups is 2. The van der Waals surface area contributed by atoms with Crippen molar-refractivity contribution in [2.24, 2.45) is 5.92 Å². The van der Waals surface area contributed by atoms with Crippen LogP contribution in [-0.4, -0.2) is 57.9 Å². The highest BCUT2D eigenvalue weighted by Gasteiger charge is 2.33. The molecule has 10 nitrogen and oxygen atoms in total. The van der Waals surface area contributed by atoms with E-state index in [9.17, 15) is 18.0 Å². The molecule has 2 aromatic heterocycles. The van der Waals surface area contributed by atoms with E-state index in [0.29, 0.717) is 30.4 Å². The fourth-order valence-electron chi connectivity index (χ4n) is 3.72. The smallest absolute Gasteiger partial charge is 0.245 e. The van der Waals surface area contributed by atoms with Crippen molar-refractivity contribution >= 4 is 44.6 Å². The van der Waals surface area contributed by atoms with E-state index >= 15 is 0 Å². The molecule has 2 N–H and O–H groups in total. The molecule has 1 aliphatic heterocycles. The predicted octanol–water partition coefficient (Wildman–Crippen LogP) is 1.31. The van der Waals surface area contributed by atoms with Gasteiger partial charge in [-0.15, -0.1) is 0 Å². The SMILES string of the molecule is O=C(CCNC(=O)C1CCN(S(=O)(=O)c2cccc3nsnc23)CC1)NCc1ccncc1. The minimum Gasteiger partial charge on any atom is -0.355 e. The van der Waals surface area contributed by atoms with Gasteiger partial charge in [-0.3, -0.25) is 14.6 Å². The first kappa shape index (κ1) is 23.2. The van der Waals surface area contributed by atoms with Crippen LogP contribution in [0.4, 0.5) is 0 Å². The zero-order valence-electron chi connectivity index (χ0n) is 17.8. The summed E-state index contributed by atoms with van der Waals surface area (Å²) < 4.78 is 35.8. The van der Waals surface area contributed by atoms with Gasteiger partial charge in [0.2, 0.25) is 21.8 Å². The maximum Gasteiger partial charge on any atom is 0.245 e. The maximum atomic E-state index is 13.1. The van der Waals surface area contributed by atoms with Crippen molar-refractivity contribution in [3.63, 3.8) is 0 Å². The van der Waals surface area contributed by atoms with Gasteiger partial charge in [0.15, 0.2) is 0 Å². The lowest BCUT2D eigenvalue weighted by Gasteiger charge is -2.30. The monoisotopic (exact) mass is 488 g/mol. The Labute approximate surface area is 195 Å². The molecule has 2 amide bonds. The summed E-state index contributed by atoms with van der Waals surface area (Å²) in [4.78, 5) is 28.5. The van der Waals surface area contributed by atoms with Gasteiger partial charge >= 0.3 is 0 Å². The molecule has 174 valence electrons. The second-order valence-corrected chi connectivity index (χ2v) is 10.2. The minimum atomic E-state index is -3.72. The van der Waals surface area contributed by atoms with Crippen LogP contribution >= 0.6 is 11.7 Å². The first-order valence-corrected chi connectivity index (χ1v) is 12.8. The zero-order valence-corrected chi connectivity index (χ0v) is 19.4. The Balaban J connectivity index is 1.23. The predicted molar refractivity (Wildman–Crippen MR) is 123 cm³/mol. The lowest BCUT2D eigenvalue weighted by Crippen LogP contribution is -2.43. The fraction of sp³-hybridized carbons (Fsp3) is 0.381. The lowest BCUT2D eigenvalue weighted by atomic mass is 9.97. The van der Waals surface area contributed by atoms with E-state index in [4.69, 9.17) is 0 Å². The van der Waals surface area contributed by atoms with Gasteiger partial charge in [-0.25, -0.2) is 8.42 Å². The Morgan fingerprint density at radius 3 is 2.58 bits per heavy atom. The summed E-state index contributed by atoms with van der Waals surface area (Å²) in [5, 5.41) is 5.59. The van der Waals surface area contributed by atoms with Crippen molar-refractivity contribution in [2.45, 2.75) is 30.7 Å². The molecule has 0 radical (unpaired) electrons. The van der Waals surface area contributed by atoms with Gasteiger partial charge in [-0.05, 0) is 42.7 Å². The summed E-state index contributed by atoms with van der Waals surface area (Å²) in [6, 6.07) is 8.57. The molecule has 0 unspecified atom stereocenters. The number of nitrogens with one attached hydrogen (secondary N) is 2. The van der Waals surface area contributed by atoms with Crippen LogP contribution in [0.1, 0.15) is 24.8 Å². The number of nitrogens with zero attached hydrogens (tertiary/aromatic N) is 4. The number of hydrogen-bond acceptors (Lipinski definition) is 8. The average Bonchev–Trinajstić information content (AvgIpc) is 3.32. The van der Waals surface area contributed by atoms with E-state index in [2.05, 4.69) is 24.4 Å². The van der Waals surface area contributed by atoms with Crippen LogP contribution in [0.5, 0.6) is 0 Å². The number of aromatic nitrogens is 3. The third-order valence-electron chi connectivity index (χ3n) is 5.58. The molecule has 1 fully saturated rings. The highest BCUT2D eigenvalue weighted by Crippen LogP contribution is 2.28. The molecule has 0 saturated carbocycles. The van der Waals surface area contributed by atoms with Crippen molar-refractivity contribution in [3.8, 4) is 0 Å². The van der Waals surface area contributed by atoms with Gasteiger partial charge in [0.05, 0.1) is 11.7 Å². The molecule has 1 saturated heterocycles. The average molecular weight is 489 g/mol. The van der Waals surface area contributed by atoms with Gasteiger partial charge in [-0.2, -0.15) is 13.1 Å². The number of sulfonamides is 1. The van der Waals surface area contributed by atoms with Crippen LogP contribution in [0, 0.1) is 5.92 Å². The Kier molecular flexibility index (Phi) is 7.26. The summed E-state index contributed by atoms with van der Waals surface area (Å²) in [7, 11) is -3.72. The molecule has 1 aliphatic rings. The van der Waals surface area contributed by atoms with E-state index in [1.807, 2.05) is 12.1 Å². The van der Waals surface area contributed by atoms with E-state index in [-0.39, 0.29) is 48.7 Å². The topological polar surface area (TPSA) is 134 Å². The number of piperidine rings is 1. The van der Waals surface area contributed by atoms with E-state index in [1.54, 1.807) is 24.5 Å². The van der Waals surface area contributed by atoms with Crippen LogP contribution in [0.3, 0.4) is 0 Å². The molecule has 3 aromatic rings. The summed E-state index contributed by atoms with van der Waals surface area (Å²) in [5.41, 5.74) is 1.89. The number of benzene rings is 1. The van der Waals surface area contributed by atoms with Crippen molar-refractivity contribution in [1.29, 1.82) is 0 Å². The second-order valence-electron chi connectivity index (χ2n) is 7.74. The maximum absolute atomic E-state index is 13.1. The van der Waals surface area contributed by atoms with Crippen LogP contribution in [0.25, 0.3) is 11.0 Å². The van der Waals surface area contributed by atoms with Crippen molar-refractivity contribution in [2.75, 3.05) is 19.6 Å². The molecule has 4 rings (SSSR count). The number of amides is 2. The Morgan fingerprint density at radius 2 is 1.82 bits per heavy atom. The highest BCUT2D eigenvalue weighted by molar-refractivity contribution is 7.89. The molecule has 0 atom stereocenters. The van der Waals surface area contributed by atoms with Crippen molar-refractivity contribution in [1.82, 2.24) is 28.7 Å². The number of carbonyl (C=O) groups excluding carboxylic acids is 2. The zero-order chi connectivity index (χ0) is 23.3. The third-order valence-corrected chi connectivity index (χ3v) is 8.05. The van der Waals surface area contributed by atoms with Crippen LogP contribution in [-0.2, 0) is 26.2 Å². The highest BCUT2D eigenvalue weighted by atomic mass is 32.2. The Morgan fingerprint density at radius 1 is 1.06 bits per heavy atom. The van der Waals surface area contributed by atoms with Crippen molar-refractivity contribution in [3.05, 3.63) is 48.3 Å². The summed E-state index contributed by atoms with van der Waals surface area (Å²) in [6.07, 6.45) is 4.34. The number of rotatable bonds is 8. The standard InChI is InChI=1S/C21H24N6O4S2/c28-19(24-14-15-4-9-22-10-5-15)6-11-23-21(29)16-7-12-27(13-8-16)33(30,31)18-3-1-2-17-20(18)26-32-25-17/h1-5,9-10,16H,6-8,11-14H2,(H,23,29)(H,24,28). The lowest BCUT2D eigenvalue weighted by molar-refractivity contribution is -0.126. The van der Waals surface area contributed by atoms with E-state index < -0.39 is 10.0 Å². The Hall–Kier alpha value is -2.96. The molecular weight excluding hydrogens is 464 g/mol. The molecule has 0 aliphatic carbocycles. The normalized spacial score (nSPS) is 15.4. The van der Waals surface area contributed by atoms with Crippen LogP contribution in [0.2, 0.25) is 0 Å². The first-order chi connectivity index (χ1) is 15.9. The minimum absolute atomic E-state index is 0.148. The molecule has 0 spiro atoms. The molecular formula is C21H24N6O4S2. The summed E-state index contributed by atoms with van der Waals surface area (Å²) in [5.74, 6) is -0.591. The number of pyridine rings is 1. The van der Waals surface area contributed by atoms with Gasteiger partial charge in [0, 0.05) is 50.9 Å². The van der Waals surface area contributed by atoms with Gasteiger partial charge in [-0.1, -0.05) is 6.07 Å². The summed E-state index contributed by atoms with van der Waals surface area (Å²) in [6.45, 7) is 1.15. The molecule has 33 heavy (non-hydrogen) atoms. The van der Waals surface area contributed by atoms with Crippen LogP contribution < -0.4 is 10.6 Å². The van der Waals surface area contributed by atoms with Gasteiger partial charge in [0.1, 0.15) is 15.9 Å². The molecule has 0 bridgehead atoms.